The van der Waals surface area contributed by atoms with Crippen molar-refractivity contribution in [2.75, 3.05) is 10.6 Å². The number of nitrogens with one attached hydrogen (secondary N) is 4. The zero-order valence-corrected chi connectivity index (χ0v) is 27.5. The molecule has 0 bridgehead atoms. The fourth-order valence-electron chi connectivity index (χ4n) is 10.4. The maximum atomic E-state index is 14.6. The predicted octanol–water partition coefficient (Wildman–Crippen LogP) is 3.19. The van der Waals surface area contributed by atoms with E-state index < -0.39 is 47.3 Å². The molecule has 256 valence electrons. The summed E-state index contributed by atoms with van der Waals surface area (Å²) in [6.45, 7) is 0. The maximum Gasteiger partial charge on any atom is 0.247 e. The number of rotatable bonds is 5. The zero-order chi connectivity index (χ0) is 34.6. The summed E-state index contributed by atoms with van der Waals surface area (Å²) in [5.41, 5.74) is 3.50. The van der Waals surface area contributed by atoms with Crippen molar-refractivity contribution in [2.24, 2.45) is 0 Å². The van der Waals surface area contributed by atoms with Crippen molar-refractivity contribution in [3.8, 4) is 0 Å². The van der Waals surface area contributed by atoms with Gasteiger partial charge in [-0.1, -0.05) is 78.9 Å². The average molecular weight is 683 g/mol. The molecule has 10 rings (SSSR count). The first-order chi connectivity index (χ1) is 24.8. The molecule has 4 N–H and O–H groups in total. The number of nitrogens with zero attached hydrogens (tertiary/aromatic N) is 2. The maximum absolute atomic E-state index is 14.6. The molecule has 6 aliphatic rings. The Balaban J connectivity index is 1.12. The molecule has 10 nitrogen and oxygen atoms in total. The van der Waals surface area contributed by atoms with E-state index in [1.807, 2.05) is 66.7 Å². The molecule has 0 aliphatic carbocycles. The van der Waals surface area contributed by atoms with E-state index in [4.69, 9.17) is 0 Å². The molecule has 0 unspecified atom stereocenters. The molecule has 4 aromatic carbocycles. The number of amides is 4. The second kappa shape index (κ2) is 10.6. The highest BCUT2D eigenvalue weighted by molar-refractivity contribution is 6.01. The summed E-state index contributed by atoms with van der Waals surface area (Å²) in [5.74, 6) is -1.22. The van der Waals surface area contributed by atoms with Gasteiger partial charge < -0.3 is 31.1 Å². The second-order valence-electron chi connectivity index (χ2n) is 14.7. The molecule has 4 saturated heterocycles. The summed E-state index contributed by atoms with van der Waals surface area (Å²) in [6, 6.07) is 28.4. The van der Waals surface area contributed by atoms with E-state index in [0.717, 1.165) is 33.6 Å². The number of para-hydroxylation sites is 2. The molecular weight excluding hydrogens is 647 g/mol. The lowest BCUT2D eigenvalue weighted by molar-refractivity contribution is -0.149. The average Bonchev–Trinajstić information content (AvgIpc) is 3.85. The summed E-state index contributed by atoms with van der Waals surface area (Å²) in [5, 5.41) is 13.4. The van der Waals surface area contributed by atoms with E-state index in [2.05, 4.69) is 33.4 Å². The van der Waals surface area contributed by atoms with Gasteiger partial charge in [0.05, 0.1) is 10.8 Å². The van der Waals surface area contributed by atoms with Gasteiger partial charge in [0.1, 0.15) is 42.3 Å². The van der Waals surface area contributed by atoms with E-state index >= 15 is 0 Å². The third-order valence-corrected chi connectivity index (χ3v) is 12.4. The number of fused-ring (bicyclic) bond motifs is 11. The van der Waals surface area contributed by atoms with Crippen molar-refractivity contribution < 1.29 is 23.6 Å². The van der Waals surface area contributed by atoms with Crippen LogP contribution in [-0.4, -0.2) is 69.9 Å². The van der Waals surface area contributed by atoms with Crippen LogP contribution in [0, 0.1) is 5.82 Å². The molecule has 4 fully saturated rings. The molecule has 51 heavy (non-hydrogen) atoms. The molecule has 0 radical (unpaired) electrons. The van der Waals surface area contributed by atoms with Crippen LogP contribution in [0.25, 0.3) is 0 Å². The van der Waals surface area contributed by atoms with Crippen LogP contribution in [0.15, 0.2) is 103 Å². The first-order valence-electron chi connectivity index (χ1n) is 17.6. The Hall–Kier alpha value is -5.71. The lowest BCUT2D eigenvalue weighted by Gasteiger charge is -2.48. The van der Waals surface area contributed by atoms with Crippen LogP contribution in [0.1, 0.15) is 35.1 Å². The smallest absolute Gasteiger partial charge is 0.247 e. The second-order valence-corrected chi connectivity index (χ2v) is 14.7. The van der Waals surface area contributed by atoms with Crippen LogP contribution in [0.4, 0.5) is 15.8 Å². The fraction of sp³-hybridized carbons (Fsp3) is 0.300. The molecule has 4 aromatic rings. The summed E-state index contributed by atoms with van der Waals surface area (Å²) in [4.78, 5) is 61.0. The van der Waals surface area contributed by atoms with Crippen LogP contribution < -0.4 is 21.3 Å². The largest absolute Gasteiger partial charge is 0.364 e. The van der Waals surface area contributed by atoms with Gasteiger partial charge in [-0.2, -0.15) is 0 Å². The standard InChI is InChI=1S/C40H35FN6O4/c41-24-16-14-23(15-17-24)19-30-36(51)47-32(34(49)43-30)21-40(26-11-5-7-13-28(26)45-38(40)47)39-20-31-33(48)42-29(18-22-8-2-1-3-9-22)35(50)46(31)37(39)44-27-12-6-4-10-25(27)39/h1-17,29-32,37-38,44-45H,18-21H2,(H,42,48)(H,43,49)/t29-,30-,31-,32-,37+,38+,39-,40-/m0/s1. The highest BCUT2D eigenvalue weighted by Crippen LogP contribution is 2.68. The topological polar surface area (TPSA) is 123 Å². The Morgan fingerprint density at radius 1 is 0.549 bits per heavy atom. The fourth-order valence-corrected chi connectivity index (χ4v) is 10.4. The van der Waals surface area contributed by atoms with E-state index in [9.17, 15) is 23.6 Å². The SMILES string of the molecule is O=C1N[C@@H](Cc2ccccc2)C(=O)N2[C@H]3Nc4ccccc4[C@@]3([C@]34C[C@H]5C(=O)N[C@@H](Cc6ccc(F)cc6)C(=O)N5[C@H]3Nc3ccccc34)C[C@@H]12. The van der Waals surface area contributed by atoms with E-state index in [1.54, 1.807) is 21.9 Å². The van der Waals surface area contributed by atoms with Crippen LogP contribution in [-0.2, 0) is 42.8 Å². The summed E-state index contributed by atoms with van der Waals surface area (Å²) in [7, 11) is 0. The van der Waals surface area contributed by atoms with Gasteiger partial charge in [-0.15, -0.1) is 0 Å². The molecule has 0 aromatic heterocycles. The van der Waals surface area contributed by atoms with Crippen LogP contribution in [0.3, 0.4) is 0 Å². The minimum Gasteiger partial charge on any atom is -0.364 e. The monoisotopic (exact) mass is 682 g/mol. The first kappa shape index (κ1) is 30.1. The normalized spacial score (nSPS) is 32.5. The number of hydrogen-bond donors (Lipinski definition) is 4. The summed E-state index contributed by atoms with van der Waals surface area (Å²) < 4.78 is 13.7. The highest BCUT2D eigenvalue weighted by atomic mass is 19.1. The lowest BCUT2D eigenvalue weighted by Crippen LogP contribution is -2.67. The molecule has 6 aliphatic heterocycles. The third-order valence-electron chi connectivity index (χ3n) is 12.4. The molecule has 0 saturated carbocycles. The molecular formula is C40H35FN6O4. The zero-order valence-electron chi connectivity index (χ0n) is 27.5. The van der Waals surface area contributed by atoms with Crippen molar-refractivity contribution in [3.63, 3.8) is 0 Å². The van der Waals surface area contributed by atoms with Crippen molar-refractivity contribution in [3.05, 3.63) is 131 Å². The molecule has 11 heteroatoms. The van der Waals surface area contributed by atoms with E-state index in [1.165, 1.54) is 12.1 Å². The van der Waals surface area contributed by atoms with E-state index in [-0.39, 0.29) is 35.9 Å². The van der Waals surface area contributed by atoms with Gasteiger partial charge >= 0.3 is 0 Å². The molecule has 8 atom stereocenters. The lowest BCUT2D eigenvalue weighted by atomic mass is 9.54. The van der Waals surface area contributed by atoms with Crippen molar-refractivity contribution in [1.82, 2.24) is 20.4 Å². The van der Waals surface area contributed by atoms with Gasteiger partial charge in [0.25, 0.3) is 0 Å². The van der Waals surface area contributed by atoms with Gasteiger partial charge in [-0.05, 0) is 59.4 Å². The molecule has 6 heterocycles. The minimum atomic E-state index is -0.914. The first-order valence-corrected chi connectivity index (χ1v) is 17.6. The molecule has 0 spiro atoms. The van der Waals surface area contributed by atoms with Gasteiger partial charge in [0, 0.05) is 24.2 Å². The Morgan fingerprint density at radius 3 is 1.47 bits per heavy atom. The Kier molecular flexibility index (Phi) is 6.29. The number of anilines is 2. The Bertz CT molecular complexity index is 2150. The summed E-state index contributed by atoms with van der Waals surface area (Å²) in [6.07, 6.45) is -0.102. The minimum absolute atomic E-state index is 0.160. The number of hydrogen-bond acceptors (Lipinski definition) is 6. The number of carbonyl (C=O) groups is 4. The Morgan fingerprint density at radius 2 is 0.980 bits per heavy atom. The quantitative estimate of drug-likeness (QED) is 0.257. The van der Waals surface area contributed by atoms with Crippen molar-refractivity contribution >= 4 is 35.0 Å². The van der Waals surface area contributed by atoms with Crippen LogP contribution >= 0.6 is 0 Å². The van der Waals surface area contributed by atoms with Gasteiger partial charge in [-0.25, -0.2) is 4.39 Å². The van der Waals surface area contributed by atoms with E-state index in [0.29, 0.717) is 19.3 Å². The van der Waals surface area contributed by atoms with Crippen LogP contribution in [0.2, 0.25) is 0 Å². The van der Waals surface area contributed by atoms with Crippen molar-refractivity contribution in [1.29, 1.82) is 0 Å². The van der Waals surface area contributed by atoms with Gasteiger partial charge in [-0.3, -0.25) is 19.2 Å². The molecule has 4 amide bonds. The summed E-state index contributed by atoms with van der Waals surface area (Å²) >= 11 is 0. The number of carbonyl (C=O) groups excluding carboxylic acids is 4. The number of piperazine rings is 2. The van der Waals surface area contributed by atoms with Gasteiger partial charge in [0.15, 0.2) is 0 Å². The highest BCUT2D eigenvalue weighted by Gasteiger charge is 2.78. The number of benzene rings is 4. The third kappa shape index (κ3) is 3.97. The van der Waals surface area contributed by atoms with Crippen LogP contribution in [0.5, 0.6) is 0 Å². The Labute approximate surface area is 293 Å². The van der Waals surface area contributed by atoms with Crippen molar-refractivity contribution in [2.45, 2.75) is 73.0 Å². The predicted molar refractivity (Wildman–Crippen MR) is 186 cm³/mol. The number of halogens is 1. The van der Waals surface area contributed by atoms with Gasteiger partial charge in [0.2, 0.25) is 23.6 Å².